The van der Waals surface area contributed by atoms with Crippen LogP contribution in [0.15, 0.2) is 24.3 Å². The molecule has 0 saturated heterocycles. The molecule has 0 aliphatic carbocycles. The van der Waals surface area contributed by atoms with Gasteiger partial charge in [-0.2, -0.15) is 0 Å². The zero-order valence-corrected chi connectivity index (χ0v) is 10.6. The maximum absolute atomic E-state index is 11.1. The minimum atomic E-state index is -3.22. The quantitative estimate of drug-likeness (QED) is 0.837. The van der Waals surface area contributed by atoms with Gasteiger partial charge in [0.25, 0.3) is 0 Å². The molecule has 3 N–H and O–H groups in total. The Hall–Kier alpha value is -1.07. The smallest absolute Gasteiger partial charge is 0.229 e. The molecule has 1 rings (SSSR count). The summed E-state index contributed by atoms with van der Waals surface area (Å²) >= 11 is 0. The van der Waals surface area contributed by atoms with Gasteiger partial charge in [0.15, 0.2) is 0 Å². The van der Waals surface area contributed by atoms with Gasteiger partial charge >= 0.3 is 0 Å². The molecule has 0 bridgehead atoms. The van der Waals surface area contributed by atoms with Crippen molar-refractivity contribution in [1.82, 2.24) is 0 Å². The van der Waals surface area contributed by atoms with E-state index in [1.165, 1.54) is 0 Å². The van der Waals surface area contributed by atoms with Crippen LogP contribution in [0.5, 0.6) is 0 Å². The van der Waals surface area contributed by atoms with E-state index in [4.69, 9.17) is 5.73 Å². The summed E-state index contributed by atoms with van der Waals surface area (Å²) in [5.74, 6) is 0. The lowest BCUT2D eigenvalue weighted by Crippen LogP contribution is -2.34. The van der Waals surface area contributed by atoms with Crippen molar-refractivity contribution in [3.63, 3.8) is 0 Å². The van der Waals surface area contributed by atoms with Gasteiger partial charge in [0, 0.05) is 11.2 Å². The van der Waals surface area contributed by atoms with E-state index in [-0.39, 0.29) is 5.54 Å². The average molecular weight is 242 g/mol. The van der Waals surface area contributed by atoms with Gasteiger partial charge < -0.3 is 5.73 Å². The molecule has 1 aromatic rings. The number of hydrogen-bond acceptors (Lipinski definition) is 3. The van der Waals surface area contributed by atoms with Crippen molar-refractivity contribution in [2.45, 2.75) is 25.8 Å². The number of benzene rings is 1. The van der Waals surface area contributed by atoms with Crippen LogP contribution in [-0.4, -0.2) is 20.2 Å². The Labute approximate surface area is 96.9 Å². The Morgan fingerprint density at radius 2 is 2.00 bits per heavy atom. The number of anilines is 1. The minimum absolute atomic E-state index is 0.302. The second kappa shape index (κ2) is 4.43. The van der Waals surface area contributed by atoms with E-state index in [0.717, 1.165) is 11.8 Å². The van der Waals surface area contributed by atoms with Crippen LogP contribution in [0.25, 0.3) is 0 Å². The monoisotopic (exact) mass is 242 g/mol. The molecule has 0 atom stereocenters. The maximum Gasteiger partial charge on any atom is 0.229 e. The SMILES string of the molecule is CC(C)(N)Cc1cccc(NS(C)(=O)=O)c1. The third-order valence-corrected chi connectivity index (χ3v) is 2.50. The van der Waals surface area contributed by atoms with E-state index in [2.05, 4.69) is 4.72 Å². The van der Waals surface area contributed by atoms with Gasteiger partial charge in [0.05, 0.1) is 6.26 Å². The number of hydrogen-bond donors (Lipinski definition) is 2. The molecule has 0 radical (unpaired) electrons. The standard InChI is InChI=1S/C11H18N2O2S/c1-11(2,12)8-9-5-4-6-10(7-9)13-16(3,14)15/h4-7,13H,8,12H2,1-3H3. The molecule has 16 heavy (non-hydrogen) atoms. The zero-order valence-electron chi connectivity index (χ0n) is 9.82. The van der Waals surface area contributed by atoms with Crippen molar-refractivity contribution in [2.75, 3.05) is 11.0 Å². The first-order valence-corrected chi connectivity index (χ1v) is 6.90. The third kappa shape index (κ3) is 5.14. The predicted octanol–water partition coefficient (Wildman–Crippen LogP) is 1.34. The number of nitrogens with two attached hydrogens (primary N) is 1. The Kier molecular flexibility index (Phi) is 3.60. The van der Waals surface area contributed by atoms with Gasteiger partial charge in [-0.05, 0) is 38.0 Å². The van der Waals surface area contributed by atoms with Crippen molar-refractivity contribution in [3.8, 4) is 0 Å². The van der Waals surface area contributed by atoms with Crippen molar-refractivity contribution >= 4 is 15.7 Å². The van der Waals surface area contributed by atoms with E-state index in [0.29, 0.717) is 12.1 Å². The van der Waals surface area contributed by atoms with Crippen LogP contribution < -0.4 is 10.5 Å². The van der Waals surface area contributed by atoms with Crippen molar-refractivity contribution in [3.05, 3.63) is 29.8 Å². The first-order valence-electron chi connectivity index (χ1n) is 5.01. The number of sulfonamides is 1. The lowest BCUT2D eigenvalue weighted by Gasteiger charge is -2.18. The Bertz CT molecular complexity index is 461. The summed E-state index contributed by atoms with van der Waals surface area (Å²) in [6.07, 6.45) is 1.83. The lowest BCUT2D eigenvalue weighted by atomic mass is 9.96. The molecule has 5 heteroatoms. The van der Waals surface area contributed by atoms with Crippen LogP contribution in [-0.2, 0) is 16.4 Å². The summed E-state index contributed by atoms with van der Waals surface area (Å²) in [4.78, 5) is 0. The van der Waals surface area contributed by atoms with Gasteiger partial charge in [-0.25, -0.2) is 8.42 Å². The van der Waals surface area contributed by atoms with E-state index in [9.17, 15) is 8.42 Å². The molecule has 0 unspecified atom stereocenters. The third-order valence-electron chi connectivity index (χ3n) is 1.89. The Morgan fingerprint density at radius 1 is 1.38 bits per heavy atom. The Morgan fingerprint density at radius 3 is 2.50 bits per heavy atom. The molecule has 0 amide bonds. The van der Waals surface area contributed by atoms with Crippen LogP contribution in [0.1, 0.15) is 19.4 Å². The first-order chi connectivity index (χ1) is 7.16. The van der Waals surface area contributed by atoms with Crippen LogP contribution in [0.3, 0.4) is 0 Å². The van der Waals surface area contributed by atoms with E-state index in [1.54, 1.807) is 12.1 Å². The maximum atomic E-state index is 11.1. The lowest BCUT2D eigenvalue weighted by molar-refractivity contribution is 0.517. The van der Waals surface area contributed by atoms with Crippen LogP contribution in [0.4, 0.5) is 5.69 Å². The molecule has 0 heterocycles. The van der Waals surface area contributed by atoms with Crippen molar-refractivity contribution in [1.29, 1.82) is 0 Å². The fourth-order valence-electron chi connectivity index (χ4n) is 1.48. The average Bonchev–Trinajstić information content (AvgIpc) is 1.96. The fraction of sp³-hybridized carbons (Fsp3) is 0.455. The molecule has 0 saturated carbocycles. The van der Waals surface area contributed by atoms with E-state index in [1.807, 2.05) is 26.0 Å². The van der Waals surface area contributed by atoms with E-state index < -0.39 is 10.0 Å². The molecular weight excluding hydrogens is 224 g/mol. The first kappa shape index (κ1) is 13.0. The van der Waals surface area contributed by atoms with E-state index >= 15 is 0 Å². The summed E-state index contributed by atoms with van der Waals surface area (Å²) in [5, 5.41) is 0. The summed E-state index contributed by atoms with van der Waals surface area (Å²) < 4.78 is 24.6. The van der Waals surface area contributed by atoms with Crippen molar-refractivity contribution < 1.29 is 8.42 Å². The molecule has 0 aliphatic rings. The largest absolute Gasteiger partial charge is 0.325 e. The molecule has 0 fully saturated rings. The highest BCUT2D eigenvalue weighted by molar-refractivity contribution is 7.92. The molecule has 0 aliphatic heterocycles. The molecule has 0 aromatic heterocycles. The second-order valence-electron chi connectivity index (χ2n) is 4.74. The van der Waals surface area contributed by atoms with Crippen LogP contribution in [0.2, 0.25) is 0 Å². The van der Waals surface area contributed by atoms with Gasteiger partial charge in [0.1, 0.15) is 0 Å². The molecule has 1 aromatic carbocycles. The van der Waals surface area contributed by atoms with Gasteiger partial charge in [0.2, 0.25) is 10.0 Å². The van der Waals surface area contributed by atoms with Crippen molar-refractivity contribution in [2.24, 2.45) is 5.73 Å². The number of rotatable bonds is 4. The minimum Gasteiger partial charge on any atom is -0.325 e. The predicted molar refractivity (Wildman–Crippen MR) is 66.9 cm³/mol. The molecule has 4 nitrogen and oxygen atoms in total. The topological polar surface area (TPSA) is 72.2 Å². The highest BCUT2D eigenvalue weighted by Gasteiger charge is 2.12. The van der Waals surface area contributed by atoms with Gasteiger partial charge in [-0.15, -0.1) is 0 Å². The summed E-state index contributed by atoms with van der Waals surface area (Å²) in [6, 6.07) is 7.26. The van der Waals surface area contributed by atoms with Crippen LogP contribution >= 0.6 is 0 Å². The Balaban J connectivity index is 2.88. The summed E-state index contributed by atoms with van der Waals surface area (Å²) in [5.41, 5.74) is 7.19. The molecular formula is C11H18N2O2S. The molecule has 0 spiro atoms. The summed E-state index contributed by atoms with van der Waals surface area (Å²) in [7, 11) is -3.22. The fourth-order valence-corrected chi connectivity index (χ4v) is 2.04. The number of nitrogens with one attached hydrogen (secondary N) is 1. The highest BCUT2D eigenvalue weighted by Crippen LogP contribution is 2.15. The second-order valence-corrected chi connectivity index (χ2v) is 6.49. The molecule has 90 valence electrons. The van der Waals surface area contributed by atoms with Gasteiger partial charge in [-0.3, -0.25) is 4.72 Å². The highest BCUT2D eigenvalue weighted by atomic mass is 32.2. The zero-order chi connectivity index (χ0) is 12.4. The normalized spacial score (nSPS) is 12.5. The van der Waals surface area contributed by atoms with Crippen LogP contribution in [0, 0.1) is 0 Å². The summed E-state index contributed by atoms with van der Waals surface area (Å²) in [6.45, 7) is 3.87. The van der Waals surface area contributed by atoms with Gasteiger partial charge in [-0.1, -0.05) is 12.1 Å².